The van der Waals surface area contributed by atoms with Gasteiger partial charge in [0.2, 0.25) is 0 Å². The van der Waals surface area contributed by atoms with Crippen molar-refractivity contribution in [1.82, 2.24) is 10.6 Å². The summed E-state index contributed by atoms with van der Waals surface area (Å²) in [7, 11) is 0. The van der Waals surface area contributed by atoms with Gasteiger partial charge in [0.1, 0.15) is 0 Å². The van der Waals surface area contributed by atoms with Crippen LogP contribution in [0, 0.1) is 5.92 Å². The lowest BCUT2D eigenvalue weighted by molar-refractivity contribution is 0.0516. The molecule has 0 aromatic rings. The van der Waals surface area contributed by atoms with Crippen molar-refractivity contribution in [1.29, 1.82) is 0 Å². The van der Waals surface area contributed by atoms with Crippen molar-refractivity contribution in [2.45, 2.75) is 50.2 Å². The van der Waals surface area contributed by atoms with Crippen LogP contribution in [0.15, 0.2) is 0 Å². The van der Waals surface area contributed by atoms with Gasteiger partial charge in [-0.15, -0.1) is 12.4 Å². The fraction of sp³-hybridized carbons (Fsp3) is 1.00. The minimum absolute atomic E-state index is 0. The van der Waals surface area contributed by atoms with Crippen molar-refractivity contribution in [2.24, 2.45) is 5.92 Å². The van der Waals surface area contributed by atoms with Gasteiger partial charge in [0.15, 0.2) is 0 Å². The minimum Gasteiger partial charge on any atom is -0.379 e. The molecule has 1 aliphatic carbocycles. The summed E-state index contributed by atoms with van der Waals surface area (Å²) in [6, 6.07) is 2.11. The van der Waals surface area contributed by atoms with Crippen molar-refractivity contribution in [3.63, 3.8) is 0 Å². The van der Waals surface area contributed by atoms with Crippen molar-refractivity contribution < 1.29 is 4.74 Å². The van der Waals surface area contributed by atoms with Crippen LogP contribution in [0.1, 0.15) is 32.1 Å². The van der Waals surface area contributed by atoms with Crippen LogP contribution >= 0.6 is 24.2 Å². The average molecular weight is 307 g/mol. The second-order valence-corrected chi connectivity index (χ2v) is 7.11. The summed E-state index contributed by atoms with van der Waals surface area (Å²) < 4.78 is 5.64. The van der Waals surface area contributed by atoms with E-state index in [1.54, 1.807) is 0 Å². The zero-order valence-electron chi connectivity index (χ0n) is 11.6. The third kappa shape index (κ3) is 4.24. The molecule has 2 saturated heterocycles. The van der Waals surface area contributed by atoms with Gasteiger partial charge in [0.05, 0.1) is 13.2 Å². The van der Waals surface area contributed by atoms with Crippen LogP contribution in [0.2, 0.25) is 0 Å². The van der Waals surface area contributed by atoms with Gasteiger partial charge in [-0.05, 0) is 43.1 Å². The predicted octanol–water partition coefficient (Wildman–Crippen LogP) is 2.05. The average Bonchev–Trinajstić information content (AvgIpc) is 2.89. The van der Waals surface area contributed by atoms with Gasteiger partial charge in [0.25, 0.3) is 0 Å². The fourth-order valence-electron chi connectivity index (χ4n) is 3.70. The van der Waals surface area contributed by atoms with Crippen molar-refractivity contribution in [3.8, 4) is 0 Å². The normalized spacial score (nSPS) is 36.9. The zero-order chi connectivity index (χ0) is 12.2. The highest BCUT2D eigenvalue weighted by atomic mass is 35.5. The second kappa shape index (κ2) is 8.08. The minimum atomic E-state index is 0. The van der Waals surface area contributed by atoms with E-state index in [4.69, 9.17) is 4.74 Å². The summed E-state index contributed by atoms with van der Waals surface area (Å²) in [4.78, 5) is 0. The highest BCUT2D eigenvalue weighted by molar-refractivity contribution is 7.99. The molecule has 3 rings (SSSR count). The lowest BCUT2D eigenvalue weighted by Gasteiger charge is -2.35. The first-order valence-electron chi connectivity index (χ1n) is 7.58. The van der Waals surface area contributed by atoms with Crippen LogP contribution in [0.3, 0.4) is 0 Å². The quantitative estimate of drug-likeness (QED) is 0.836. The largest absolute Gasteiger partial charge is 0.379 e. The van der Waals surface area contributed by atoms with E-state index in [0.29, 0.717) is 6.04 Å². The third-order valence-corrected chi connectivity index (χ3v) is 5.76. The van der Waals surface area contributed by atoms with E-state index in [0.717, 1.165) is 37.8 Å². The molecule has 0 amide bonds. The molecule has 3 aliphatic rings. The van der Waals surface area contributed by atoms with Gasteiger partial charge in [-0.2, -0.15) is 11.8 Å². The van der Waals surface area contributed by atoms with Gasteiger partial charge in [-0.25, -0.2) is 0 Å². The van der Waals surface area contributed by atoms with E-state index in [1.165, 1.54) is 43.6 Å². The number of morpholine rings is 1. The van der Waals surface area contributed by atoms with E-state index >= 15 is 0 Å². The molecule has 0 bridgehead atoms. The highest BCUT2D eigenvalue weighted by Gasteiger charge is 2.35. The number of nitrogens with one attached hydrogen (secondary N) is 2. The van der Waals surface area contributed by atoms with Gasteiger partial charge in [-0.3, -0.25) is 0 Å². The van der Waals surface area contributed by atoms with Gasteiger partial charge >= 0.3 is 0 Å². The molecule has 0 radical (unpaired) electrons. The van der Waals surface area contributed by atoms with Crippen LogP contribution in [0.5, 0.6) is 0 Å². The Morgan fingerprint density at radius 2 is 1.95 bits per heavy atom. The van der Waals surface area contributed by atoms with Crippen LogP contribution in [-0.2, 0) is 4.74 Å². The monoisotopic (exact) mass is 306 g/mol. The van der Waals surface area contributed by atoms with Crippen LogP contribution in [-0.4, -0.2) is 49.4 Å². The van der Waals surface area contributed by atoms with Gasteiger partial charge in [-0.1, -0.05) is 6.42 Å². The maximum Gasteiger partial charge on any atom is 0.0623 e. The van der Waals surface area contributed by atoms with Crippen LogP contribution < -0.4 is 10.6 Å². The summed E-state index contributed by atoms with van der Waals surface area (Å²) >= 11 is 2.11. The maximum atomic E-state index is 5.64. The molecule has 3 atom stereocenters. The molecule has 3 fully saturated rings. The van der Waals surface area contributed by atoms with Crippen molar-refractivity contribution in [2.75, 3.05) is 31.3 Å². The Hall–Kier alpha value is 0.520. The van der Waals surface area contributed by atoms with Crippen LogP contribution in [0.4, 0.5) is 0 Å². The molecule has 1 saturated carbocycles. The molecule has 2 heterocycles. The second-order valence-electron chi connectivity index (χ2n) is 5.89. The lowest BCUT2D eigenvalue weighted by atomic mass is 9.93. The molecule has 0 spiro atoms. The molecule has 2 aliphatic heterocycles. The maximum absolute atomic E-state index is 5.64. The summed E-state index contributed by atoms with van der Waals surface area (Å²) in [6.07, 6.45) is 6.86. The molecular formula is C14H27ClN2OS. The molecule has 3 unspecified atom stereocenters. The molecule has 0 aromatic heterocycles. The van der Waals surface area contributed by atoms with E-state index in [9.17, 15) is 0 Å². The molecule has 0 aromatic carbocycles. The van der Waals surface area contributed by atoms with E-state index in [2.05, 4.69) is 22.4 Å². The van der Waals surface area contributed by atoms with Crippen molar-refractivity contribution in [3.05, 3.63) is 0 Å². The molecule has 3 nitrogen and oxygen atoms in total. The summed E-state index contributed by atoms with van der Waals surface area (Å²) in [6.45, 7) is 2.85. The summed E-state index contributed by atoms with van der Waals surface area (Å²) in [5, 5.41) is 7.62. The molecule has 5 heteroatoms. The smallest absolute Gasteiger partial charge is 0.0623 e. The summed E-state index contributed by atoms with van der Waals surface area (Å²) in [5.74, 6) is 3.49. The zero-order valence-corrected chi connectivity index (χ0v) is 13.2. The van der Waals surface area contributed by atoms with E-state index < -0.39 is 0 Å². The third-order valence-electron chi connectivity index (χ3n) is 4.71. The number of hydrogen-bond donors (Lipinski definition) is 2. The first-order chi connectivity index (χ1) is 8.93. The van der Waals surface area contributed by atoms with E-state index in [1.807, 2.05) is 0 Å². The highest BCUT2D eigenvalue weighted by Crippen LogP contribution is 2.31. The Labute approximate surface area is 127 Å². The Balaban J connectivity index is 0.00000133. The van der Waals surface area contributed by atoms with E-state index in [-0.39, 0.29) is 12.4 Å². The molecule has 112 valence electrons. The topological polar surface area (TPSA) is 33.3 Å². The summed E-state index contributed by atoms with van der Waals surface area (Å²) in [5.41, 5.74) is 0. The molecule has 2 N–H and O–H groups in total. The first kappa shape index (κ1) is 15.9. The number of rotatable bonds is 3. The number of halogens is 1. The predicted molar refractivity (Wildman–Crippen MR) is 84.5 cm³/mol. The Morgan fingerprint density at radius 1 is 1.11 bits per heavy atom. The van der Waals surface area contributed by atoms with Crippen molar-refractivity contribution >= 4 is 24.2 Å². The SMILES string of the molecule is C1CC(NC2CCSCC2)C(C2COCCN2)C1.Cl. The lowest BCUT2D eigenvalue weighted by Crippen LogP contribution is -2.52. The van der Waals surface area contributed by atoms with Gasteiger partial charge in [0, 0.05) is 24.7 Å². The number of hydrogen-bond acceptors (Lipinski definition) is 4. The molecule has 19 heavy (non-hydrogen) atoms. The Morgan fingerprint density at radius 3 is 2.68 bits per heavy atom. The first-order valence-corrected chi connectivity index (χ1v) is 8.74. The number of thioether (sulfide) groups is 1. The molecular weight excluding hydrogens is 280 g/mol. The standard InChI is InChI=1S/C14H26N2OS.ClH/c1-2-12(14-10-17-7-6-15-14)13(3-1)16-11-4-8-18-9-5-11;/h11-16H,1-10H2;1H. The Kier molecular flexibility index (Phi) is 6.76. The van der Waals surface area contributed by atoms with Crippen LogP contribution in [0.25, 0.3) is 0 Å². The Bertz CT molecular complexity index is 258. The van der Waals surface area contributed by atoms with Gasteiger partial charge < -0.3 is 15.4 Å². The number of ether oxygens (including phenoxy) is 1. The fourth-order valence-corrected chi connectivity index (χ4v) is 4.81.